The van der Waals surface area contributed by atoms with Crippen molar-refractivity contribution in [2.45, 2.75) is 6.29 Å². The van der Waals surface area contributed by atoms with Crippen molar-refractivity contribution in [3.63, 3.8) is 0 Å². The highest BCUT2D eigenvalue weighted by Crippen LogP contribution is 2.30. The summed E-state index contributed by atoms with van der Waals surface area (Å²) in [6.45, 7) is 0. The van der Waals surface area contributed by atoms with Crippen LogP contribution in [-0.4, -0.2) is 23.6 Å². The average Bonchev–Trinajstić information content (AvgIpc) is 2.85. The van der Waals surface area contributed by atoms with E-state index in [1.54, 1.807) is 18.2 Å². The van der Waals surface area contributed by atoms with E-state index in [2.05, 4.69) is 0 Å². The first-order valence-electron chi connectivity index (χ1n) is 4.14. The number of aromatic hydroxyl groups is 1. The third kappa shape index (κ3) is 1.65. The number of epoxide rings is 1. The van der Waals surface area contributed by atoms with Gasteiger partial charge in [-0.3, -0.25) is 0 Å². The molecule has 1 aliphatic heterocycles. The fraction of sp³-hybridized carbons (Fsp3) is 0.200. The topological polar surface area (TPSA) is 62.2 Å². The minimum Gasteiger partial charge on any atom is -0.504 e. The summed E-state index contributed by atoms with van der Waals surface area (Å²) >= 11 is 0. The van der Waals surface area contributed by atoms with Gasteiger partial charge < -0.3 is 19.7 Å². The summed E-state index contributed by atoms with van der Waals surface area (Å²) < 4.78 is 9.67. The van der Waals surface area contributed by atoms with Crippen LogP contribution in [-0.2, 0) is 4.74 Å². The van der Waals surface area contributed by atoms with Gasteiger partial charge in [-0.1, -0.05) is 6.07 Å². The third-order valence-corrected chi connectivity index (χ3v) is 1.95. The molecule has 74 valence electrons. The molecule has 0 spiro atoms. The zero-order valence-electron chi connectivity index (χ0n) is 7.60. The Labute approximate surface area is 81.0 Å². The number of benzene rings is 1. The zero-order valence-corrected chi connectivity index (χ0v) is 7.60. The molecule has 0 bridgehead atoms. The molecule has 2 rings (SSSR count). The van der Waals surface area contributed by atoms with Crippen molar-refractivity contribution in [1.29, 1.82) is 0 Å². The Balaban J connectivity index is 2.27. The van der Waals surface area contributed by atoms with Crippen LogP contribution in [0.4, 0.5) is 0 Å². The highest BCUT2D eigenvalue weighted by molar-refractivity contribution is 5.58. The highest BCUT2D eigenvalue weighted by Gasteiger charge is 2.29. The molecule has 0 aliphatic carbocycles. The first-order valence-corrected chi connectivity index (χ1v) is 4.14. The van der Waals surface area contributed by atoms with Crippen LogP contribution in [0.3, 0.4) is 0 Å². The van der Waals surface area contributed by atoms with Gasteiger partial charge in [0.1, 0.15) is 0 Å². The molecule has 1 aliphatic rings. The van der Waals surface area contributed by atoms with Crippen molar-refractivity contribution >= 4 is 6.08 Å². The summed E-state index contributed by atoms with van der Waals surface area (Å²) in [5.74, 6) is 1.01. The minimum absolute atomic E-state index is 0.0897. The summed E-state index contributed by atoms with van der Waals surface area (Å²) in [7, 11) is 1.48. The lowest BCUT2D eigenvalue weighted by Gasteiger charge is -2.02. The summed E-state index contributed by atoms with van der Waals surface area (Å²) in [6, 6.07) is 4.90. The van der Waals surface area contributed by atoms with Crippen molar-refractivity contribution < 1.29 is 19.7 Å². The van der Waals surface area contributed by atoms with E-state index in [4.69, 9.17) is 14.6 Å². The number of rotatable bonds is 2. The molecule has 0 amide bonds. The molecule has 1 heterocycles. The highest BCUT2D eigenvalue weighted by atomic mass is 16.7. The fourth-order valence-electron chi connectivity index (χ4n) is 1.15. The molecule has 4 heteroatoms. The number of phenolic OH excluding ortho intramolecular Hbond substituents is 1. The first-order chi connectivity index (χ1) is 6.70. The number of methoxy groups -OCH3 is 1. The van der Waals surface area contributed by atoms with Crippen molar-refractivity contribution in [3.8, 4) is 11.5 Å². The molecule has 1 unspecified atom stereocenters. The Hall–Kier alpha value is -1.68. The van der Waals surface area contributed by atoms with E-state index in [1.807, 2.05) is 0 Å². The predicted octanol–water partition coefficient (Wildman–Crippen LogP) is 1.09. The van der Waals surface area contributed by atoms with Crippen LogP contribution in [0.5, 0.6) is 11.5 Å². The van der Waals surface area contributed by atoms with Gasteiger partial charge in [-0.05, 0) is 23.8 Å². The maximum Gasteiger partial charge on any atom is 0.256 e. The molecule has 14 heavy (non-hydrogen) atoms. The van der Waals surface area contributed by atoms with Crippen molar-refractivity contribution in [2.24, 2.45) is 0 Å². The van der Waals surface area contributed by atoms with Crippen LogP contribution < -0.4 is 4.74 Å². The molecular formula is C10H10O4. The van der Waals surface area contributed by atoms with E-state index < -0.39 is 6.29 Å². The van der Waals surface area contributed by atoms with Gasteiger partial charge in [-0.25, -0.2) is 0 Å². The number of hydrogen-bond acceptors (Lipinski definition) is 4. The molecule has 1 saturated heterocycles. The van der Waals surface area contributed by atoms with Gasteiger partial charge >= 0.3 is 0 Å². The summed E-state index contributed by atoms with van der Waals surface area (Å²) in [5.41, 5.74) is 0.811. The Morgan fingerprint density at radius 2 is 2.21 bits per heavy atom. The van der Waals surface area contributed by atoms with Crippen molar-refractivity contribution in [3.05, 3.63) is 29.5 Å². The molecule has 0 aromatic heterocycles. The van der Waals surface area contributed by atoms with Gasteiger partial charge in [0.05, 0.1) is 7.11 Å². The Bertz CT molecular complexity index is 384. The lowest BCUT2D eigenvalue weighted by Crippen LogP contribution is -1.84. The van der Waals surface area contributed by atoms with Crippen LogP contribution >= 0.6 is 0 Å². The maximum absolute atomic E-state index is 9.31. The van der Waals surface area contributed by atoms with E-state index in [0.717, 1.165) is 5.56 Å². The molecule has 0 saturated carbocycles. The quantitative estimate of drug-likeness (QED) is 0.692. The van der Waals surface area contributed by atoms with Crippen LogP contribution in [0.2, 0.25) is 0 Å². The van der Waals surface area contributed by atoms with E-state index >= 15 is 0 Å². The van der Waals surface area contributed by atoms with Crippen molar-refractivity contribution in [2.75, 3.05) is 7.11 Å². The number of hydrogen-bond donors (Lipinski definition) is 2. The van der Waals surface area contributed by atoms with Gasteiger partial charge in [0, 0.05) is 0 Å². The van der Waals surface area contributed by atoms with Gasteiger partial charge in [0.25, 0.3) is 6.29 Å². The van der Waals surface area contributed by atoms with Crippen molar-refractivity contribution in [1.82, 2.24) is 0 Å². The minimum atomic E-state index is -0.769. The maximum atomic E-state index is 9.31. The second-order valence-electron chi connectivity index (χ2n) is 2.95. The van der Waals surface area contributed by atoms with Crippen LogP contribution in [0, 0.1) is 0 Å². The molecule has 1 aromatic rings. The molecule has 1 atom stereocenters. The number of phenols is 1. The monoisotopic (exact) mass is 194 g/mol. The molecule has 4 nitrogen and oxygen atoms in total. The Kier molecular flexibility index (Phi) is 2.05. The molecule has 1 fully saturated rings. The Morgan fingerprint density at radius 1 is 1.50 bits per heavy atom. The van der Waals surface area contributed by atoms with Gasteiger partial charge in [-0.2, -0.15) is 0 Å². The Morgan fingerprint density at radius 3 is 2.79 bits per heavy atom. The molecule has 2 N–H and O–H groups in total. The molecule has 0 radical (unpaired) electrons. The van der Waals surface area contributed by atoms with Gasteiger partial charge in [-0.15, -0.1) is 0 Å². The SMILES string of the molecule is COc1cc(C=C2OC2O)ccc1O. The van der Waals surface area contributed by atoms with Crippen LogP contribution in [0.25, 0.3) is 6.08 Å². The lowest BCUT2D eigenvalue weighted by molar-refractivity contribution is 0.156. The number of ether oxygens (including phenoxy) is 2. The number of aliphatic hydroxyl groups excluding tert-OH is 1. The smallest absolute Gasteiger partial charge is 0.256 e. The van der Waals surface area contributed by atoms with E-state index in [9.17, 15) is 5.11 Å². The second kappa shape index (κ2) is 3.23. The lowest BCUT2D eigenvalue weighted by atomic mass is 10.2. The molecule has 1 aromatic carbocycles. The number of aliphatic hydroxyl groups is 1. The van der Waals surface area contributed by atoms with Crippen LogP contribution in [0.15, 0.2) is 24.0 Å². The first kappa shape index (κ1) is 8.90. The zero-order chi connectivity index (χ0) is 10.1. The second-order valence-corrected chi connectivity index (χ2v) is 2.95. The van der Waals surface area contributed by atoms with E-state index in [1.165, 1.54) is 13.2 Å². The average molecular weight is 194 g/mol. The predicted molar refractivity (Wildman–Crippen MR) is 49.7 cm³/mol. The largest absolute Gasteiger partial charge is 0.504 e. The normalized spacial score (nSPS) is 21.9. The summed E-state index contributed by atoms with van der Waals surface area (Å²) in [6.07, 6.45) is 0.918. The fourth-order valence-corrected chi connectivity index (χ4v) is 1.15. The summed E-state index contributed by atoms with van der Waals surface area (Å²) in [4.78, 5) is 0. The standard InChI is InChI=1S/C10H10O4/c1-13-8-4-6(2-3-7(8)11)5-9-10(12)14-9/h2-5,10-12H,1H3. The van der Waals surface area contributed by atoms with Crippen LogP contribution in [0.1, 0.15) is 5.56 Å². The molecular weight excluding hydrogens is 184 g/mol. The summed E-state index contributed by atoms with van der Waals surface area (Å²) in [5, 5.41) is 18.2. The van der Waals surface area contributed by atoms with E-state index in [0.29, 0.717) is 11.5 Å². The van der Waals surface area contributed by atoms with Gasteiger partial charge in [0.15, 0.2) is 17.3 Å². The van der Waals surface area contributed by atoms with E-state index in [-0.39, 0.29) is 5.75 Å². The van der Waals surface area contributed by atoms with Gasteiger partial charge in [0.2, 0.25) is 0 Å². The third-order valence-electron chi connectivity index (χ3n) is 1.95.